The topological polar surface area (TPSA) is 0 Å². The maximum absolute atomic E-state index is 12.9. The Morgan fingerprint density at radius 1 is 0.588 bits per heavy atom. The maximum atomic E-state index is 12.9. The fourth-order valence-corrected chi connectivity index (χ4v) is 1.36. The molecule has 0 aromatic rings. The van der Waals surface area contributed by atoms with Gasteiger partial charge < -0.3 is 0 Å². The first-order chi connectivity index (χ1) is 7.00. The van der Waals surface area contributed by atoms with Crippen LogP contribution in [0.2, 0.25) is 0 Å². The standard InChI is InChI=1S/C5Br2Cl2F8/c6-4(14,15)1(8,10)3(12,13)2(9,11)5(7,16)17. The van der Waals surface area contributed by atoms with Gasteiger partial charge in [0.05, 0.1) is 0 Å². The third kappa shape index (κ3) is 2.79. The van der Waals surface area contributed by atoms with Gasteiger partial charge in [-0.3, -0.25) is 0 Å². The average Bonchev–Trinajstić information content (AvgIpc) is 1.98. The van der Waals surface area contributed by atoms with Crippen LogP contribution in [0.5, 0.6) is 0 Å². The summed E-state index contributed by atoms with van der Waals surface area (Å²) in [5.41, 5.74) is 0. The van der Waals surface area contributed by atoms with Crippen molar-refractivity contribution in [3.8, 4) is 0 Å². The minimum Gasteiger partial charge on any atom is -0.211 e. The van der Waals surface area contributed by atoms with Crippen molar-refractivity contribution in [1.82, 2.24) is 0 Å². The van der Waals surface area contributed by atoms with E-state index < -0.39 is 25.8 Å². The van der Waals surface area contributed by atoms with Crippen molar-refractivity contribution in [2.24, 2.45) is 0 Å². The number of alkyl halides is 12. The molecule has 0 saturated heterocycles. The Kier molecular flexibility index (Phi) is 4.78. The molecular formula is C5Br2Cl2F8. The number of hydrogen-bond acceptors (Lipinski definition) is 0. The lowest BCUT2D eigenvalue weighted by Crippen LogP contribution is -2.63. The number of rotatable bonds is 4. The van der Waals surface area contributed by atoms with Crippen LogP contribution in [0.25, 0.3) is 0 Å². The minimum absolute atomic E-state index is 1.09. The first kappa shape index (κ1) is 18.0. The third-order valence-electron chi connectivity index (χ3n) is 1.50. The average molecular weight is 443 g/mol. The summed E-state index contributed by atoms with van der Waals surface area (Å²) in [7, 11) is 0. The van der Waals surface area contributed by atoms with Crippen molar-refractivity contribution in [3.63, 3.8) is 0 Å². The van der Waals surface area contributed by atoms with Crippen molar-refractivity contribution in [2.45, 2.75) is 25.8 Å². The quantitative estimate of drug-likeness (QED) is 0.404. The van der Waals surface area contributed by atoms with Crippen LogP contribution >= 0.6 is 55.1 Å². The van der Waals surface area contributed by atoms with Crippen LogP contribution < -0.4 is 0 Å². The molecule has 0 amide bonds. The van der Waals surface area contributed by atoms with Crippen LogP contribution in [0, 0.1) is 0 Å². The van der Waals surface area contributed by atoms with Gasteiger partial charge in [-0.2, -0.15) is 26.3 Å². The molecule has 12 heteroatoms. The summed E-state index contributed by atoms with van der Waals surface area (Å²) in [5, 5.41) is -11.0. The SMILES string of the molecule is FC(F)(Br)C(F)(Cl)C(F)(F)C(F)(Cl)C(F)(F)Br. The van der Waals surface area contributed by atoms with E-state index in [1.54, 1.807) is 0 Å². The molecule has 0 spiro atoms. The van der Waals surface area contributed by atoms with E-state index >= 15 is 0 Å². The highest BCUT2D eigenvalue weighted by molar-refractivity contribution is 9.10. The Hall–Kier alpha value is 0.980. The van der Waals surface area contributed by atoms with Crippen molar-refractivity contribution in [3.05, 3.63) is 0 Å². The van der Waals surface area contributed by atoms with Gasteiger partial charge in [0.25, 0.3) is 0 Å². The van der Waals surface area contributed by atoms with E-state index in [2.05, 4.69) is 23.2 Å². The van der Waals surface area contributed by atoms with Crippen LogP contribution in [-0.4, -0.2) is 25.8 Å². The Labute approximate surface area is 116 Å². The summed E-state index contributed by atoms with van der Waals surface area (Å²) >= 11 is 10.4. The molecule has 0 nitrogen and oxygen atoms in total. The van der Waals surface area contributed by atoms with E-state index in [0.717, 1.165) is 31.9 Å². The van der Waals surface area contributed by atoms with Crippen molar-refractivity contribution >= 4 is 55.1 Å². The van der Waals surface area contributed by atoms with Gasteiger partial charge in [0.15, 0.2) is 0 Å². The lowest BCUT2D eigenvalue weighted by Gasteiger charge is -2.38. The molecule has 0 aliphatic carbocycles. The van der Waals surface area contributed by atoms with E-state index in [9.17, 15) is 35.1 Å². The number of halogens is 12. The Bertz CT molecular complexity index is 265. The molecule has 104 valence electrons. The van der Waals surface area contributed by atoms with Crippen molar-refractivity contribution < 1.29 is 35.1 Å². The molecule has 0 rings (SSSR count). The zero-order chi connectivity index (χ0) is 14.5. The van der Waals surface area contributed by atoms with Gasteiger partial charge in [0.2, 0.25) is 0 Å². The van der Waals surface area contributed by atoms with Crippen LogP contribution in [0.4, 0.5) is 35.1 Å². The predicted octanol–water partition coefficient (Wildman–Crippen LogP) is 5.41. The van der Waals surface area contributed by atoms with Gasteiger partial charge in [-0.15, -0.1) is 0 Å². The van der Waals surface area contributed by atoms with Gasteiger partial charge in [0, 0.05) is 0 Å². The van der Waals surface area contributed by atoms with Crippen LogP contribution in [0.15, 0.2) is 0 Å². The normalized spacial score (nSPS) is 21.9. The highest BCUT2D eigenvalue weighted by Gasteiger charge is 2.82. The van der Waals surface area contributed by atoms with Gasteiger partial charge in [-0.25, -0.2) is 8.78 Å². The maximum Gasteiger partial charge on any atom is 0.356 e. The summed E-state index contributed by atoms with van der Waals surface area (Å²) < 4.78 is 101. The zero-order valence-electron chi connectivity index (χ0n) is 7.04. The molecule has 0 aliphatic heterocycles. The van der Waals surface area contributed by atoms with E-state index in [0.29, 0.717) is 0 Å². The Morgan fingerprint density at radius 2 is 0.765 bits per heavy atom. The molecule has 2 unspecified atom stereocenters. The van der Waals surface area contributed by atoms with Gasteiger partial charge in [-0.1, -0.05) is 23.2 Å². The summed E-state index contributed by atoms with van der Waals surface area (Å²) in [5.74, 6) is -6.14. The molecule has 0 aromatic carbocycles. The molecule has 0 aromatic heterocycles. The summed E-state index contributed by atoms with van der Waals surface area (Å²) in [6.07, 6.45) is 0. The molecule has 2 atom stereocenters. The lowest BCUT2D eigenvalue weighted by molar-refractivity contribution is -0.240. The second kappa shape index (κ2) is 4.52. The first-order valence-electron chi connectivity index (χ1n) is 3.27. The zero-order valence-corrected chi connectivity index (χ0v) is 11.7. The first-order valence-corrected chi connectivity index (χ1v) is 5.61. The molecule has 0 bridgehead atoms. The van der Waals surface area contributed by atoms with E-state index in [1.807, 2.05) is 0 Å². The predicted molar refractivity (Wildman–Crippen MR) is 52.1 cm³/mol. The van der Waals surface area contributed by atoms with Crippen molar-refractivity contribution in [2.75, 3.05) is 0 Å². The molecular weight excluding hydrogens is 443 g/mol. The summed E-state index contributed by atoms with van der Waals surface area (Å²) in [6, 6.07) is 0. The molecule has 0 fully saturated rings. The fraction of sp³-hybridized carbons (Fsp3) is 1.00. The van der Waals surface area contributed by atoms with Crippen LogP contribution in [0.3, 0.4) is 0 Å². The molecule has 0 saturated carbocycles. The second-order valence-corrected chi connectivity index (χ2v) is 5.75. The summed E-state index contributed by atoms with van der Waals surface area (Å²) in [4.78, 5) is -10.4. The Balaban J connectivity index is 5.73. The van der Waals surface area contributed by atoms with E-state index in [4.69, 9.17) is 0 Å². The van der Waals surface area contributed by atoms with E-state index in [1.165, 1.54) is 0 Å². The van der Waals surface area contributed by atoms with E-state index in [-0.39, 0.29) is 0 Å². The fourth-order valence-electron chi connectivity index (χ4n) is 0.553. The molecule has 17 heavy (non-hydrogen) atoms. The molecule has 0 heterocycles. The smallest absolute Gasteiger partial charge is 0.211 e. The third-order valence-corrected chi connectivity index (χ3v) is 4.00. The van der Waals surface area contributed by atoms with Gasteiger partial charge >= 0.3 is 25.8 Å². The molecule has 0 radical (unpaired) electrons. The second-order valence-electron chi connectivity index (χ2n) is 2.72. The Morgan fingerprint density at radius 3 is 0.882 bits per heavy atom. The lowest BCUT2D eigenvalue weighted by atomic mass is 10.1. The highest BCUT2D eigenvalue weighted by Crippen LogP contribution is 2.61. The van der Waals surface area contributed by atoms with Gasteiger partial charge in [-0.05, 0) is 31.9 Å². The number of hydrogen-bond donors (Lipinski definition) is 0. The summed E-state index contributed by atoms with van der Waals surface area (Å²) in [6.45, 7) is 0. The molecule has 0 N–H and O–H groups in total. The monoisotopic (exact) mass is 440 g/mol. The largest absolute Gasteiger partial charge is 0.356 e. The molecule has 0 aliphatic rings. The minimum atomic E-state index is -6.14. The van der Waals surface area contributed by atoms with Crippen LogP contribution in [0.1, 0.15) is 0 Å². The highest BCUT2D eigenvalue weighted by atomic mass is 79.9. The van der Waals surface area contributed by atoms with Crippen LogP contribution in [-0.2, 0) is 0 Å². The van der Waals surface area contributed by atoms with Crippen molar-refractivity contribution in [1.29, 1.82) is 0 Å². The van der Waals surface area contributed by atoms with Gasteiger partial charge in [0.1, 0.15) is 0 Å².